The standard InChI is InChI=1S/C12H19N3O5/c1-7(9(17)18)5-14(4)11(20)15-6-8(16)13-10(19)12(15,2)3/h7H,5-6H2,1-4H3,(H,17,18)(H,13,16,19). The molecule has 112 valence electrons. The molecule has 8 heteroatoms. The van der Waals surface area contributed by atoms with Gasteiger partial charge in [-0.1, -0.05) is 6.92 Å². The molecule has 1 rings (SSSR count). The molecular formula is C12H19N3O5. The van der Waals surface area contributed by atoms with Gasteiger partial charge in [0.05, 0.1) is 5.92 Å². The van der Waals surface area contributed by atoms with Gasteiger partial charge in [-0.05, 0) is 13.8 Å². The van der Waals surface area contributed by atoms with Crippen LogP contribution < -0.4 is 5.32 Å². The molecule has 2 N–H and O–H groups in total. The predicted molar refractivity (Wildman–Crippen MR) is 68.8 cm³/mol. The molecule has 0 aromatic carbocycles. The summed E-state index contributed by atoms with van der Waals surface area (Å²) in [4.78, 5) is 48.6. The van der Waals surface area contributed by atoms with Gasteiger partial charge in [-0.25, -0.2) is 4.79 Å². The summed E-state index contributed by atoms with van der Waals surface area (Å²) in [6.07, 6.45) is 0. The smallest absolute Gasteiger partial charge is 0.321 e. The SMILES string of the molecule is CC(CN(C)C(=O)N1CC(=O)NC(=O)C1(C)C)C(=O)O. The molecule has 0 aromatic rings. The number of aliphatic carboxylic acids is 1. The molecular weight excluding hydrogens is 266 g/mol. The molecule has 0 bridgehead atoms. The van der Waals surface area contributed by atoms with Gasteiger partial charge >= 0.3 is 12.0 Å². The van der Waals surface area contributed by atoms with Crippen molar-refractivity contribution in [2.45, 2.75) is 26.3 Å². The number of piperazine rings is 1. The normalized spacial score (nSPS) is 19.3. The molecule has 1 aliphatic rings. The molecule has 0 aromatic heterocycles. The first-order valence-corrected chi connectivity index (χ1v) is 6.17. The summed E-state index contributed by atoms with van der Waals surface area (Å²) in [7, 11) is 1.44. The molecule has 0 radical (unpaired) electrons. The van der Waals surface area contributed by atoms with Crippen LogP contribution in [0.15, 0.2) is 0 Å². The van der Waals surface area contributed by atoms with E-state index < -0.39 is 35.3 Å². The fourth-order valence-corrected chi connectivity index (χ4v) is 1.86. The molecule has 1 aliphatic heterocycles. The van der Waals surface area contributed by atoms with Crippen LogP contribution >= 0.6 is 0 Å². The molecule has 1 fully saturated rings. The molecule has 1 heterocycles. The maximum Gasteiger partial charge on any atom is 0.321 e. The van der Waals surface area contributed by atoms with Crippen molar-refractivity contribution in [2.24, 2.45) is 5.92 Å². The van der Waals surface area contributed by atoms with Crippen LogP contribution in [-0.2, 0) is 14.4 Å². The summed E-state index contributed by atoms with van der Waals surface area (Å²) in [5, 5.41) is 11.0. The number of hydrogen-bond donors (Lipinski definition) is 2. The van der Waals surface area contributed by atoms with Crippen LogP contribution in [-0.4, -0.2) is 64.4 Å². The molecule has 8 nitrogen and oxygen atoms in total. The van der Waals surface area contributed by atoms with E-state index in [2.05, 4.69) is 5.32 Å². The van der Waals surface area contributed by atoms with Crippen molar-refractivity contribution >= 4 is 23.8 Å². The van der Waals surface area contributed by atoms with Gasteiger partial charge in [0, 0.05) is 13.6 Å². The zero-order chi connectivity index (χ0) is 15.7. The Labute approximate surface area is 116 Å². The van der Waals surface area contributed by atoms with Crippen LogP contribution in [0.5, 0.6) is 0 Å². The number of nitrogens with one attached hydrogen (secondary N) is 1. The first-order chi connectivity index (χ1) is 9.07. The highest BCUT2D eigenvalue weighted by atomic mass is 16.4. The average molecular weight is 285 g/mol. The van der Waals surface area contributed by atoms with Crippen LogP contribution in [0.4, 0.5) is 4.79 Å². The fraction of sp³-hybridized carbons (Fsp3) is 0.667. The second kappa shape index (κ2) is 5.48. The van der Waals surface area contributed by atoms with Crippen molar-refractivity contribution in [3.63, 3.8) is 0 Å². The Morgan fingerprint density at radius 2 is 2.00 bits per heavy atom. The van der Waals surface area contributed by atoms with Gasteiger partial charge in [0.15, 0.2) is 0 Å². The highest BCUT2D eigenvalue weighted by Gasteiger charge is 2.44. The third-order valence-electron chi connectivity index (χ3n) is 3.31. The first kappa shape index (κ1) is 15.9. The number of carbonyl (C=O) groups excluding carboxylic acids is 3. The average Bonchev–Trinajstić information content (AvgIpc) is 2.32. The Hall–Kier alpha value is -2.12. The van der Waals surface area contributed by atoms with E-state index in [0.29, 0.717) is 0 Å². The van der Waals surface area contributed by atoms with Crippen molar-refractivity contribution in [3.05, 3.63) is 0 Å². The van der Waals surface area contributed by atoms with Crippen molar-refractivity contribution < 1.29 is 24.3 Å². The molecule has 4 amide bonds. The number of hydrogen-bond acceptors (Lipinski definition) is 4. The Bertz CT molecular complexity index is 460. The van der Waals surface area contributed by atoms with E-state index in [-0.39, 0.29) is 13.1 Å². The van der Waals surface area contributed by atoms with Gasteiger partial charge < -0.3 is 14.9 Å². The van der Waals surface area contributed by atoms with Gasteiger partial charge in [-0.2, -0.15) is 0 Å². The number of imide groups is 1. The highest BCUT2D eigenvalue weighted by Crippen LogP contribution is 2.20. The van der Waals surface area contributed by atoms with E-state index in [4.69, 9.17) is 5.11 Å². The summed E-state index contributed by atoms with van der Waals surface area (Å²) in [6.45, 7) is 4.30. The molecule has 1 atom stereocenters. The number of amides is 4. The van der Waals surface area contributed by atoms with Gasteiger partial charge in [-0.3, -0.25) is 19.7 Å². The van der Waals surface area contributed by atoms with E-state index in [1.54, 1.807) is 0 Å². The second-order valence-corrected chi connectivity index (χ2v) is 5.42. The maximum atomic E-state index is 12.3. The predicted octanol–water partition coefficient (Wildman–Crippen LogP) is -0.504. The second-order valence-electron chi connectivity index (χ2n) is 5.42. The Morgan fingerprint density at radius 3 is 2.50 bits per heavy atom. The quantitative estimate of drug-likeness (QED) is 0.679. The lowest BCUT2D eigenvalue weighted by atomic mass is 9.99. The van der Waals surface area contributed by atoms with Crippen molar-refractivity contribution in [1.29, 1.82) is 0 Å². The van der Waals surface area contributed by atoms with Crippen LogP contribution in [0.3, 0.4) is 0 Å². The van der Waals surface area contributed by atoms with Crippen LogP contribution in [0.1, 0.15) is 20.8 Å². The van der Waals surface area contributed by atoms with Crippen LogP contribution in [0, 0.1) is 5.92 Å². The summed E-state index contributed by atoms with van der Waals surface area (Å²) in [5.41, 5.74) is -1.16. The Balaban J connectivity index is 2.86. The topological polar surface area (TPSA) is 107 Å². The first-order valence-electron chi connectivity index (χ1n) is 6.17. The molecule has 1 unspecified atom stereocenters. The Morgan fingerprint density at radius 1 is 1.45 bits per heavy atom. The molecule has 0 spiro atoms. The fourth-order valence-electron chi connectivity index (χ4n) is 1.86. The van der Waals surface area contributed by atoms with E-state index >= 15 is 0 Å². The van der Waals surface area contributed by atoms with Crippen molar-refractivity contribution in [2.75, 3.05) is 20.1 Å². The van der Waals surface area contributed by atoms with Gasteiger partial charge in [0.2, 0.25) is 5.91 Å². The van der Waals surface area contributed by atoms with Crippen LogP contribution in [0.25, 0.3) is 0 Å². The summed E-state index contributed by atoms with van der Waals surface area (Å²) in [6, 6.07) is -0.550. The minimum atomic E-state index is -1.16. The lowest BCUT2D eigenvalue weighted by molar-refractivity contribution is -0.144. The lowest BCUT2D eigenvalue weighted by Crippen LogP contribution is -2.67. The molecule has 0 aliphatic carbocycles. The van der Waals surface area contributed by atoms with Gasteiger partial charge in [0.1, 0.15) is 12.1 Å². The van der Waals surface area contributed by atoms with E-state index in [1.165, 1.54) is 32.7 Å². The van der Waals surface area contributed by atoms with Gasteiger partial charge in [0.25, 0.3) is 5.91 Å². The largest absolute Gasteiger partial charge is 0.481 e. The number of urea groups is 1. The lowest BCUT2D eigenvalue weighted by Gasteiger charge is -2.41. The van der Waals surface area contributed by atoms with Crippen molar-refractivity contribution in [1.82, 2.24) is 15.1 Å². The third kappa shape index (κ3) is 3.06. The summed E-state index contributed by atoms with van der Waals surface area (Å²) < 4.78 is 0. The van der Waals surface area contributed by atoms with E-state index in [1.807, 2.05) is 0 Å². The highest BCUT2D eigenvalue weighted by molar-refractivity contribution is 6.05. The number of rotatable bonds is 3. The van der Waals surface area contributed by atoms with E-state index in [0.717, 1.165) is 4.90 Å². The number of nitrogens with zero attached hydrogens (tertiary/aromatic N) is 2. The molecule has 0 saturated carbocycles. The molecule has 1 saturated heterocycles. The van der Waals surface area contributed by atoms with Crippen molar-refractivity contribution in [3.8, 4) is 0 Å². The number of carboxylic acids is 1. The minimum absolute atomic E-state index is 0.00342. The number of carboxylic acid groups (broad SMARTS) is 1. The monoisotopic (exact) mass is 285 g/mol. The zero-order valence-electron chi connectivity index (χ0n) is 12.0. The van der Waals surface area contributed by atoms with Crippen LogP contribution in [0.2, 0.25) is 0 Å². The number of carbonyl (C=O) groups is 4. The van der Waals surface area contributed by atoms with E-state index in [9.17, 15) is 19.2 Å². The Kier molecular flexibility index (Phi) is 4.36. The third-order valence-corrected chi connectivity index (χ3v) is 3.31. The maximum absolute atomic E-state index is 12.3. The summed E-state index contributed by atoms with van der Waals surface area (Å²) >= 11 is 0. The molecule has 20 heavy (non-hydrogen) atoms. The minimum Gasteiger partial charge on any atom is -0.481 e. The summed E-state index contributed by atoms with van der Waals surface area (Å²) in [5.74, 6) is -2.86. The zero-order valence-corrected chi connectivity index (χ0v) is 12.0. The van der Waals surface area contributed by atoms with Gasteiger partial charge in [-0.15, -0.1) is 0 Å².